The summed E-state index contributed by atoms with van der Waals surface area (Å²) < 4.78 is 6.31. The van der Waals surface area contributed by atoms with Crippen molar-refractivity contribution in [1.29, 1.82) is 0 Å². The van der Waals surface area contributed by atoms with E-state index >= 15 is 0 Å². The van der Waals surface area contributed by atoms with Gasteiger partial charge < -0.3 is 4.74 Å². The van der Waals surface area contributed by atoms with Crippen LogP contribution in [0, 0.1) is 5.92 Å². The molecule has 2 unspecified atom stereocenters. The van der Waals surface area contributed by atoms with Crippen LogP contribution < -0.4 is 0 Å². The van der Waals surface area contributed by atoms with Gasteiger partial charge >= 0.3 is 0 Å². The number of hydrogen-bond acceptors (Lipinski definition) is 1. The number of aryl methyl sites for hydroxylation is 2. The molecule has 2 aromatic rings. The standard InChI is InChI=1S/C24H30O/c1-16-13-19-14-17-7-6-8-18(17)15-22(19)24(16,25-5)21-11-9-20(10-12-21)23(2,3)4/h9-12,14-16H,6-8,13H2,1-5H3. The highest BCUT2D eigenvalue weighted by molar-refractivity contribution is 5.52. The molecule has 25 heavy (non-hydrogen) atoms. The van der Waals surface area contributed by atoms with Crippen molar-refractivity contribution in [3.63, 3.8) is 0 Å². The molecule has 2 aromatic carbocycles. The average Bonchev–Trinajstić information content (AvgIpc) is 3.13. The van der Waals surface area contributed by atoms with Crippen molar-refractivity contribution in [2.45, 2.75) is 64.4 Å². The number of hydrogen-bond donors (Lipinski definition) is 0. The van der Waals surface area contributed by atoms with E-state index in [0.29, 0.717) is 5.92 Å². The molecule has 1 nitrogen and oxygen atoms in total. The first-order valence-corrected chi connectivity index (χ1v) is 9.67. The molecule has 1 heteroatoms. The molecule has 2 aliphatic carbocycles. The van der Waals surface area contributed by atoms with Gasteiger partial charge in [-0.25, -0.2) is 0 Å². The van der Waals surface area contributed by atoms with Gasteiger partial charge in [0.05, 0.1) is 0 Å². The molecule has 132 valence electrons. The number of rotatable bonds is 2. The second-order valence-electron chi connectivity index (χ2n) is 9.00. The van der Waals surface area contributed by atoms with Crippen molar-refractivity contribution in [3.05, 3.63) is 69.8 Å². The normalized spacial score (nSPS) is 25.1. The molecule has 0 saturated carbocycles. The van der Waals surface area contributed by atoms with Crippen LogP contribution in [0.25, 0.3) is 0 Å². The van der Waals surface area contributed by atoms with Gasteiger partial charge in [0.25, 0.3) is 0 Å². The van der Waals surface area contributed by atoms with E-state index in [0.717, 1.165) is 6.42 Å². The van der Waals surface area contributed by atoms with Gasteiger partial charge in [-0.3, -0.25) is 0 Å². The molecule has 0 radical (unpaired) electrons. The van der Waals surface area contributed by atoms with E-state index < -0.39 is 0 Å². The highest BCUT2D eigenvalue weighted by atomic mass is 16.5. The van der Waals surface area contributed by atoms with E-state index in [1.807, 2.05) is 7.11 Å². The van der Waals surface area contributed by atoms with Gasteiger partial charge in [0.15, 0.2) is 0 Å². The smallest absolute Gasteiger partial charge is 0.121 e. The van der Waals surface area contributed by atoms with Crippen molar-refractivity contribution in [1.82, 2.24) is 0 Å². The fourth-order valence-electron chi connectivity index (χ4n) is 5.02. The average molecular weight is 335 g/mol. The third-order valence-electron chi connectivity index (χ3n) is 6.44. The molecule has 0 aliphatic heterocycles. The van der Waals surface area contributed by atoms with Gasteiger partial charge in [-0.2, -0.15) is 0 Å². The summed E-state index contributed by atoms with van der Waals surface area (Å²) in [5.41, 5.74) is 8.57. The van der Waals surface area contributed by atoms with Gasteiger partial charge in [-0.15, -0.1) is 0 Å². The molecule has 0 bridgehead atoms. The Bertz CT molecular complexity index is 794. The predicted octanol–water partition coefficient (Wildman–Crippen LogP) is 5.56. The quantitative estimate of drug-likeness (QED) is 0.699. The van der Waals surface area contributed by atoms with E-state index in [1.54, 1.807) is 11.1 Å². The molecular formula is C24H30O. The van der Waals surface area contributed by atoms with Crippen LogP contribution in [0.1, 0.15) is 67.5 Å². The van der Waals surface area contributed by atoms with Gasteiger partial charge in [-0.05, 0) is 70.4 Å². The van der Waals surface area contributed by atoms with Gasteiger partial charge in [-0.1, -0.05) is 64.1 Å². The van der Waals surface area contributed by atoms with Crippen molar-refractivity contribution < 1.29 is 4.74 Å². The SMILES string of the molecule is COC1(c2ccc(C(C)(C)C)cc2)c2cc3c(cc2CC1C)CCC3. The summed E-state index contributed by atoms with van der Waals surface area (Å²) in [7, 11) is 1.89. The van der Waals surface area contributed by atoms with E-state index in [4.69, 9.17) is 4.74 Å². The maximum absolute atomic E-state index is 6.31. The maximum atomic E-state index is 6.31. The van der Waals surface area contributed by atoms with Crippen molar-refractivity contribution in [2.75, 3.05) is 7.11 Å². The fraction of sp³-hybridized carbons (Fsp3) is 0.500. The van der Waals surface area contributed by atoms with Crippen LogP contribution in [-0.2, 0) is 35.0 Å². The van der Waals surface area contributed by atoms with Crippen LogP contribution in [0.15, 0.2) is 36.4 Å². The Balaban J connectivity index is 1.84. The Hall–Kier alpha value is -1.60. The summed E-state index contributed by atoms with van der Waals surface area (Å²) in [6, 6.07) is 14.1. The molecule has 0 N–H and O–H groups in total. The lowest BCUT2D eigenvalue weighted by Crippen LogP contribution is -2.34. The minimum absolute atomic E-state index is 0.179. The van der Waals surface area contributed by atoms with Crippen molar-refractivity contribution in [2.24, 2.45) is 5.92 Å². The largest absolute Gasteiger partial charge is 0.368 e. The highest BCUT2D eigenvalue weighted by Gasteiger charge is 2.47. The van der Waals surface area contributed by atoms with E-state index in [-0.39, 0.29) is 11.0 Å². The number of ether oxygens (including phenoxy) is 1. The summed E-state index contributed by atoms with van der Waals surface area (Å²) in [5.74, 6) is 0.454. The van der Waals surface area contributed by atoms with E-state index in [9.17, 15) is 0 Å². The highest BCUT2D eigenvalue weighted by Crippen LogP contribution is 2.50. The first-order valence-electron chi connectivity index (χ1n) is 9.67. The van der Waals surface area contributed by atoms with Crippen LogP contribution in [0.4, 0.5) is 0 Å². The van der Waals surface area contributed by atoms with Crippen LogP contribution in [-0.4, -0.2) is 7.11 Å². The Kier molecular flexibility index (Phi) is 3.85. The fourth-order valence-corrected chi connectivity index (χ4v) is 5.02. The molecule has 0 fully saturated rings. The summed E-state index contributed by atoms with van der Waals surface area (Å²) >= 11 is 0. The zero-order valence-corrected chi connectivity index (χ0v) is 16.3. The van der Waals surface area contributed by atoms with Gasteiger partial charge in [0, 0.05) is 7.11 Å². The van der Waals surface area contributed by atoms with Crippen molar-refractivity contribution in [3.8, 4) is 0 Å². The first kappa shape index (κ1) is 16.8. The van der Waals surface area contributed by atoms with E-state index in [2.05, 4.69) is 64.1 Å². The van der Waals surface area contributed by atoms with Crippen LogP contribution >= 0.6 is 0 Å². The third-order valence-corrected chi connectivity index (χ3v) is 6.44. The Morgan fingerprint density at radius 3 is 2.20 bits per heavy atom. The number of benzene rings is 2. The minimum Gasteiger partial charge on any atom is -0.368 e. The van der Waals surface area contributed by atoms with Gasteiger partial charge in [0.2, 0.25) is 0 Å². The molecule has 2 atom stereocenters. The maximum Gasteiger partial charge on any atom is 0.121 e. The second-order valence-corrected chi connectivity index (χ2v) is 9.00. The lowest BCUT2D eigenvalue weighted by Gasteiger charge is -2.35. The molecule has 0 amide bonds. The Labute approximate surface area is 152 Å². The Morgan fingerprint density at radius 2 is 1.60 bits per heavy atom. The monoisotopic (exact) mass is 334 g/mol. The second kappa shape index (κ2) is 5.71. The minimum atomic E-state index is -0.302. The van der Waals surface area contributed by atoms with Gasteiger partial charge in [0.1, 0.15) is 5.60 Å². The van der Waals surface area contributed by atoms with E-state index in [1.165, 1.54) is 41.5 Å². The Morgan fingerprint density at radius 1 is 0.960 bits per heavy atom. The van der Waals surface area contributed by atoms with Crippen LogP contribution in [0.2, 0.25) is 0 Å². The van der Waals surface area contributed by atoms with Crippen molar-refractivity contribution >= 4 is 0 Å². The zero-order valence-electron chi connectivity index (χ0n) is 16.3. The number of methoxy groups -OCH3 is 1. The summed E-state index contributed by atoms with van der Waals surface area (Å²) in [4.78, 5) is 0. The summed E-state index contributed by atoms with van der Waals surface area (Å²) in [6.45, 7) is 9.15. The lowest BCUT2D eigenvalue weighted by molar-refractivity contribution is -0.0122. The van der Waals surface area contributed by atoms with Crippen LogP contribution in [0.3, 0.4) is 0 Å². The van der Waals surface area contributed by atoms with Crippen LogP contribution in [0.5, 0.6) is 0 Å². The number of fused-ring (bicyclic) bond motifs is 2. The first-order chi connectivity index (χ1) is 11.9. The molecule has 0 spiro atoms. The molecule has 0 saturated heterocycles. The molecular weight excluding hydrogens is 304 g/mol. The predicted molar refractivity (Wildman–Crippen MR) is 104 cm³/mol. The lowest BCUT2D eigenvalue weighted by atomic mass is 9.79. The summed E-state index contributed by atoms with van der Waals surface area (Å²) in [5, 5.41) is 0. The third kappa shape index (κ3) is 2.47. The molecule has 0 heterocycles. The summed E-state index contributed by atoms with van der Waals surface area (Å²) in [6.07, 6.45) is 4.88. The molecule has 0 aromatic heterocycles. The topological polar surface area (TPSA) is 9.23 Å². The molecule has 4 rings (SSSR count). The zero-order chi connectivity index (χ0) is 17.8. The molecule has 2 aliphatic rings.